The highest BCUT2D eigenvalue weighted by molar-refractivity contribution is 6.30. The van der Waals surface area contributed by atoms with Gasteiger partial charge in [-0.1, -0.05) is 35.9 Å². The summed E-state index contributed by atoms with van der Waals surface area (Å²) in [7, 11) is 0. The van der Waals surface area contributed by atoms with Crippen LogP contribution in [0.25, 0.3) is 11.0 Å². The molecule has 32 heavy (non-hydrogen) atoms. The molecule has 0 fully saturated rings. The third-order valence-electron chi connectivity index (χ3n) is 5.11. The maximum Gasteiger partial charge on any atom is 0.254 e. The molecule has 0 aliphatic rings. The van der Waals surface area contributed by atoms with E-state index in [9.17, 15) is 9.18 Å². The third-order valence-corrected chi connectivity index (χ3v) is 5.36. The molecule has 0 radical (unpaired) electrons. The van der Waals surface area contributed by atoms with Gasteiger partial charge in [0.15, 0.2) is 0 Å². The lowest BCUT2D eigenvalue weighted by Crippen LogP contribution is -2.26. The van der Waals surface area contributed by atoms with E-state index in [4.69, 9.17) is 21.3 Å². The molecule has 0 atom stereocenters. The largest absolute Gasteiger partial charge is 0.492 e. The number of carbonyl (C=O) groups is 1. The molecule has 0 saturated carbocycles. The van der Waals surface area contributed by atoms with E-state index in [0.29, 0.717) is 37.6 Å². The molecule has 1 amide bonds. The Kier molecular flexibility index (Phi) is 7.02. The molecule has 0 saturated heterocycles. The van der Waals surface area contributed by atoms with Crippen molar-refractivity contribution in [3.63, 3.8) is 0 Å². The highest BCUT2D eigenvalue weighted by Gasteiger charge is 2.12. The molecule has 0 unspecified atom stereocenters. The van der Waals surface area contributed by atoms with Crippen LogP contribution in [0.15, 0.2) is 72.8 Å². The summed E-state index contributed by atoms with van der Waals surface area (Å²) in [5.41, 5.74) is 2.01. The number of nitrogens with zero attached hydrogens (tertiary/aromatic N) is 2. The highest BCUT2D eigenvalue weighted by atomic mass is 35.5. The number of hydrogen-bond donors (Lipinski definition) is 1. The van der Waals surface area contributed by atoms with Gasteiger partial charge in [0, 0.05) is 18.0 Å². The monoisotopic (exact) mass is 451 g/mol. The lowest BCUT2D eigenvalue weighted by molar-refractivity contribution is 0.0949. The summed E-state index contributed by atoms with van der Waals surface area (Å²) < 4.78 is 21.8. The highest BCUT2D eigenvalue weighted by Crippen LogP contribution is 2.19. The molecule has 1 heterocycles. The lowest BCUT2D eigenvalue weighted by atomic mass is 10.2. The summed E-state index contributed by atoms with van der Waals surface area (Å²) in [6.45, 7) is 1.55. The average molecular weight is 452 g/mol. The summed E-state index contributed by atoms with van der Waals surface area (Å²) in [4.78, 5) is 16.9. The SMILES string of the molecule is O=C(NCCCc1nc2ccccc2n1CCOc1ccc(Cl)cc1)c1ccccc1F. The van der Waals surface area contributed by atoms with E-state index in [1.54, 1.807) is 24.3 Å². The van der Waals surface area contributed by atoms with Gasteiger partial charge in [-0.3, -0.25) is 4.79 Å². The van der Waals surface area contributed by atoms with Crippen molar-refractivity contribution in [1.82, 2.24) is 14.9 Å². The van der Waals surface area contributed by atoms with Crippen LogP contribution in [0.4, 0.5) is 4.39 Å². The van der Waals surface area contributed by atoms with Crippen LogP contribution in [0.1, 0.15) is 22.6 Å². The number of imidazole rings is 1. The number of aromatic nitrogens is 2. The van der Waals surface area contributed by atoms with Crippen molar-refractivity contribution in [2.24, 2.45) is 0 Å². The van der Waals surface area contributed by atoms with Crippen molar-refractivity contribution in [3.8, 4) is 5.75 Å². The Morgan fingerprint density at radius 3 is 2.59 bits per heavy atom. The Hall–Kier alpha value is -3.38. The number of rotatable bonds is 9. The fourth-order valence-corrected chi connectivity index (χ4v) is 3.67. The zero-order valence-electron chi connectivity index (χ0n) is 17.4. The summed E-state index contributed by atoms with van der Waals surface area (Å²) in [5, 5.41) is 3.45. The lowest BCUT2D eigenvalue weighted by Gasteiger charge is -2.11. The fraction of sp³-hybridized carbons (Fsp3) is 0.200. The smallest absolute Gasteiger partial charge is 0.254 e. The van der Waals surface area contributed by atoms with Crippen LogP contribution in [-0.2, 0) is 13.0 Å². The first-order chi connectivity index (χ1) is 15.6. The minimum atomic E-state index is -0.521. The van der Waals surface area contributed by atoms with Gasteiger partial charge in [-0.2, -0.15) is 0 Å². The molecule has 0 aliphatic carbocycles. The summed E-state index contributed by atoms with van der Waals surface area (Å²) >= 11 is 5.92. The Balaban J connectivity index is 1.37. The van der Waals surface area contributed by atoms with Crippen molar-refractivity contribution < 1.29 is 13.9 Å². The van der Waals surface area contributed by atoms with Crippen LogP contribution in [0.2, 0.25) is 5.02 Å². The van der Waals surface area contributed by atoms with Gasteiger partial charge in [0.1, 0.15) is 24.0 Å². The predicted octanol–water partition coefficient (Wildman–Crippen LogP) is 5.27. The second kappa shape index (κ2) is 10.3. The molecule has 0 aliphatic heterocycles. The minimum absolute atomic E-state index is 0.0547. The quantitative estimate of drug-likeness (QED) is 0.353. The molecule has 7 heteroatoms. The Morgan fingerprint density at radius 2 is 1.78 bits per heavy atom. The molecule has 3 aromatic carbocycles. The average Bonchev–Trinajstić information content (AvgIpc) is 3.15. The van der Waals surface area contributed by atoms with E-state index in [1.807, 2.05) is 36.4 Å². The van der Waals surface area contributed by atoms with Gasteiger partial charge in [0.05, 0.1) is 23.1 Å². The Bertz CT molecular complexity index is 1210. The minimum Gasteiger partial charge on any atom is -0.492 e. The number of hydrogen-bond acceptors (Lipinski definition) is 3. The van der Waals surface area contributed by atoms with Crippen molar-refractivity contribution in [1.29, 1.82) is 0 Å². The summed E-state index contributed by atoms with van der Waals surface area (Å²) in [6, 6.07) is 21.2. The van der Waals surface area contributed by atoms with Crippen LogP contribution in [0.5, 0.6) is 5.75 Å². The summed E-state index contributed by atoms with van der Waals surface area (Å²) in [5.74, 6) is 0.753. The van der Waals surface area contributed by atoms with Gasteiger partial charge in [0.25, 0.3) is 5.91 Å². The van der Waals surface area contributed by atoms with Crippen LogP contribution in [-0.4, -0.2) is 28.6 Å². The maximum atomic E-state index is 13.8. The number of para-hydroxylation sites is 2. The van der Waals surface area contributed by atoms with Crippen molar-refractivity contribution in [2.75, 3.05) is 13.2 Å². The first kappa shape index (κ1) is 21.8. The molecule has 1 N–H and O–H groups in total. The zero-order valence-corrected chi connectivity index (χ0v) is 18.2. The van der Waals surface area contributed by atoms with Gasteiger partial charge in [-0.15, -0.1) is 0 Å². The molecule has 0 bridgehead atoms. The molecule has 164 valence electrons. The second-order valence-corrected chi connectivity index (χ2v) is 7.75. The van der Waals surface area contributed by atoms with E-state index >= 15 is 0 Å². The molecule has 0 spiro atoms. The van der Waals surface area contributed by atoms with Crippen LogP contribution >= 0.6 is 11.6 Å². The van der Waals surface area contributed by atoms with Crippen LogP contribution in [0, 0.1) is 5.82 Å². The van der Waals surface area contributed by atoms with E-state index in [1.165, 1.54) is 12.1 Å². The van der Waals surface area contributed by atoms with Crippen molar-refractivity contribution >= 4 is 28.5 Å². The number of benzene rings is 3. The second-order valence-electron chi connectivity index (χ2n) is 7.31. The first-order valence-electron chi connectivity index (χ1n) is 10.5. The number of amides is 1. The molecule has 4 rings (SSSR count). The van der Waals surface area contributed by atoms with Crippen LogP contribution in [0.3, 0.4) is 0 Å². The molecular weight excluding hydrogens is 429 g/mol. The maximum absolute atomic E-state index is 13.8. The van der Waals surface area contributed by atoms with Crippen molar-refractivity contribution in [2.45, 2.75) is 19.4 Å². The van der Waals surface area contributed by atoms with Crippen molar-refractivity contribution in [3.05, 3.63) is 95.0 Å². The van der Waals surface area contributed by atoms with E-state index in [2.05, 4.69) is 9.88 Å². The molecular formula is C25H23ClFN3O2. The number of ether oxygens (including phenoxy) is 1. The molecule has 1 aromatic heterocycles. The van der Waals surface area contributed by atoms with Gasteiger partial charge < -0.3 is 14.6 Å². The normalized spacial score (nSPS) is 10.9. The van der Waals surface area contributed by atoms with Gasteiger partial charge in [-0.05, 0) is 55.0 Å². The molecule has 5 nitrogen and oxygen atoms in total. The Labute approximate surface area is 190 Å². The number of nitrogens with one attached hydrogen (secondary N) is 1. The van der Waals surface area contributed by atoms with E-state index in [-0.39, 0.29) is 5.56 Å². The first-order valence-corrected chi connectivity index (χ1v) is 10.8. The van der Waals surface area contributed by atoms with E-state index < -0.39 is 11.7 Å². The number of aryl methyl sites for hydroxylation is 1. The number of halogens is 2. The Morgan fingerprint density at radius 1 is 1.03 bits per heavy atom. The van der Waals surface area contributed by atoms with Crippen LogP contribution < -0.4 is 10.1 Å². The zero-order chi connectivity index (χ0) is 22.3. The third kappa shape index (κ3) is 5.26. The number of carbonyl (C=O) groups excluding carboxylic acids is 1. The predicted molar refractivity (Wildman–Crippen MR) is 124 cm³/mol. The summed E-state index contributed by atoms with van der Waals surface area (Å²) in [6.07, 6.45) is 1.36. The molecule has 4 aromatic rings. The standard InChI is InChI=1S/C25H23ClFN3O2/c26-18-11-13-19(14-12-18)32-17-16-30-23-9-4-3-8-22(23)29-24(30)10-5-15-28-25(31)20-6-1-2-7-21(20)27/h1-4,6-9,11-14H,5,10,15-17H2,(H,28,31). The number of fused-ring (bicyclic) bond motifs is 1. The van der Waals surface area contributed by atoms with Gasteiger partial charge in [-0.25, -0.2) is 9.37 Å². The van der Waals surface area contributed by atoms with E-state index in [0.717, 1.165) is 22.6 Å². The topological polar surface area (TPSA) is 56.2 Å². The van der Waals surface area contributed by atoms with Gasteiger partial charge in [0.2, 0.25) is 0 Å². The van der Waals surface area contributed by atoms with Gasteiger partial charge >= 0.3 is 0 Å². The fourth-order valence-electron chi connectivity index (χ4n) is 3.54.